The van der Waals surface area contributed by atoms with Gasteiger partial charge in [-0.05, 0) is 49.9 Å². The zero-order chi connectivity index (χ0) is 16.9. The second kappa shape index (κ2) is 7.74. The molecule has 3 heterocycles. The van der Waals surface area contributed by atoms with Gasteiger partial charge >= 0.3 is 0 Å². The highest BCUT2D eigenvalue weighted by Gasteiger charge is 2.16. The molecular weight excluding hydrogens is 314 g/mol. The van der Waals surface area contributed by atoms with E-state index in [0.29, 0.717) is 6.79 Å². The molecule has 0 saturated carbocycles. The largest absolute Gasteiger partial charge is 0.454 e. The summed E-state index contributed by atoms with van der Waals surface area (Å²) in [6.45, 7) is 4.30. The van der Waals surface area contributed by atoms with Gasteiger partial charge in [-0.2, -0.15) is 0 Å². The minimum Gasteiger partial charge on any atom is -0.454 e. The van der Waals surface area contributed by atoms with Gasteiger partial charge in [0.15, 0.2) is 11.5 Å². The summed E-state index contributed by atoms with van der Waals surface area (Å²) >= 11 is 0. The van der Waals surface area contributed by atoms with Crippen LogP contribution in [0.5, 0.6) is 11.5 Å². The summed E-state index contributed by atoms with van der Waals surface area (Å²) in [5.74, 6) is 2.84. The Morgan fingerprint density at radius 1 is 1.04 bits per heavy atom. The van der Waals surface area contributed by atoms with Crippen molar-refractivity contribution < 1.29 is 9.47 Å². The molecule has 1 N–H and O–H groups in total. The van der Waals surface area contributed by atoms with Crippen molar-refractivity contribution in [1.29, 1.82) is 0 Å². The molecule has 4 rings (SSSR count). The molecule has 0 unspecified atom stereocenters. The van der Waals surface area contributed by atoms with E-state index in [4.69, 9.17) is 9.47 Å². The van der Waals surface area contributed by atoms with Gasteiger partial charge in [0.2, 0.25) is 6.79 Å². The van der Waals surface area contributed by atoms with Crippen LogP contribution in [0.15, 0.2) is 36.5 Å². The smallest absolute Gasteiger partial charge is 0.231 e. The Bertz CT molecular complexity index is 697. The molecule has 0 atom stereocenters. The van der Waals surface area contributed by atoms with Gasteiger partial charge in [0.1, 0.15) is 5.82 Å². The molecule has 0 aliphatic carbocycles. The summed E-state index contributed by atoms with van der Waals surface area (Å²) in [7, 11) is 0. The molecule has 1 aromatic heterocycles. The number of nitrogens with zero attached hydrogens (tertiary/aromatic N) is 2. The number of rotatable bonds is 6. The number of para-hydroxylation sites is 1. The Morgan fingerprint density at radius 2 is 1.96 bits per heavy atom. The molecule has 0 spiro atoms. The first-order valence-corrected chi connectivity index (χ1v) is 9.18. The Hall–Kier alpha value is -2.27. The molecule has 1 aromatic carbocycles. The van der Waals surface area contributed by atoms with E-state index >= 15 is 0 Å². The lowest BCUT2D eigenvalue weighted by atomic mass is 10.1. The first-order chi connectivity index (χ1) is 12.4. The molecule has 25 heavy (non-hydrogen) atoms. The molecule has 1 fully saturated rings. The Labute approximate surface area is 149 Å². The van der Waals surface area contributed by atoms with Crippen molar-refractivity contribution in [2.45, 2.75) is 32.2 Å². The van der Waals surface area contributed by atoms with Gasteiger partial charge in [0.25, 0.3) is 0 Å². The van der Waals surface area contributed by atoms with E-state index in [1.807, 2.05) is 18.3 Å². The van der Waals surface area contributed by atoms with Crippen LogP contribution in [0.25, 0.3) is 0 Å². The molecule has 0 amide bonds. The molecular formula is C20H25N3O2. The maximum absolute atomic E-state index is 5.54. The Kier molecular flexibility index (Phi) is 5.02. The standard InChI is InChI=1S/C20H25N3O2/c1-2-11-23(12-3-1)19-8-7-16(13-22-19)9-10-21-14-17-5-4-6-18-20(17)25-15-24-18/h4-8,13,21H,1-3,9-12,14-15H2. The quantitative estimate of drug-likeness (QED) is 0.819. The summed E-state index contributed by atoms with van der Waals surface area (Å²) in [6, 6.07) is 10.4. The van der Waals surface area contributed by atoms with E-state index < -0.39 is 0 Å². The van der Waals surface area contributed by atoms with Crippen molar-refractivity contribution in [2.24, 2.45) is 0 Å². The Balaban J connectivity index is 1.25. The van der Waals surface area contributed by atoms with Crippen LogP contribution in [0.2, 0.25) is 0 Å². The third kappa shape index (κ3) is 3.87. The number of nitrogens with one attached hydrogen (secondary N) is 1. The van der Waals surface area contributed by atoms with Crippen LogP contribution in [-0.4, -0.2) is 31.4 Å². The van der Waals surface area contributed by atoms with E-state index in [-0.39, 0.29) is 0 Å². The highest BCUT2D eigenvalue weighted by molar-refractivity contribution is 5.48. The molecule has 0 bridgehead atoms. The molecule has 0 radical (unpaired) electrons. The van der Waals surface area contributed by atoms with E-state index in [9.17, 15) is 0 Å². The molecule has 2 aliphatic heterocycles. The van der Waals surface area contributed by atoms with Crippen LogP contribution >= 0.6 is 0 Å². The monoisotopic (exact) mass is 339 g/mol. The first-order valence-electron chi connectivity index (χ1n) is 9.18. The highest BCUT2D eigenvalue weighted by atomic mass is 16.7. The number of anilines is 1. The zero-order valence-corrected chi connectivity index (χ0v) is 14.5. The number of aromatic nitrogens is 1. The van der Waals surface area contributed by atoms with Gasteiger partial charge in [-0.15, -0.1) is 0 Å². The number of piperidine rings is 1. The summed E-state index contributed by atoms with van der Waals surface area (Å²) in [6.07, 6.45) is 6.90. The number of fused-ring (bicyclic) bond motifs is 1. The fourth-order valence-electron chi connectivity index (χ4n) is 3.46. The Morgan fingerprint density at radius 3 is 2.80 bits per heavy atom. The minimum atomic E-state index is 0.321. The predicted octanol–water partition coefficient (Wildman–Crippen LogP) is 3.13. The lowest BCUT2D eigenvalue weighted by Crippen LogP contribution is -2.30. The van der Waals surface area contributed by atoms with Crippen LogP contribution < -0.4 is 19.7 Å². The van der Waals surface area contributed by atoms with Gasteiger partial charge in [0, 0.05) is 31.4 Å². The van der Waals surface area contributed by atoms with Crippen LogP contribution in [0.3, 0.4) is 0 Å². The van der Waals surface area contributed by atoms with Crippen molar-refractivity contribution in [3.8, 4) is 11.5 Å². The van der Waals surface area contributed by atoms with Crippen molar-refractivity contribution in [3.63, 3.8) is 0 Å². The molecule has 2 aliphatic rings. The maximum atomic E-state index is 5.54. The zero-order valence-electron chi connectivity index (χ0n) is 14.5. The van der Waals surface area contributed by atoms with Crippen LogP contribution in [0.4, 0.5) is 5.82 Å². The number of hydrogen-bond donors (Lipinski definition) is 1. The van der Waals surface area contributed by atoms with Crippen molar-refractivity contribution in [3.05, 3.63) is 47.7 Å². The second-order valence-corrected chi connectivity index (χ2v) is 6.65. The third-order valence-electron chi connectivity index (χ3n) is 4.87. The lowest BCUT2D eigenvalue weighted by Gasteiger charge is -2.27. The van der Waals surface area contributed by atoms with Gasteiger partial charge in [-0.25, -0.2) is 4.98 Å². The van der Waals surface area contributed by atoms with Crippen molar-refractivity contribution in [1.82, 2.24) is 10.3 Å². The van der Waals surface area contributed by atoms with E-state index in [0.717, 1.165) is 55.5 Å². The van der Waals surface area contributed by atoms with E-state index in [2.05, 4.69) is 33.4 Å². The maximum Gasteiger partial charge on any atom is 0.231 e. The summed E-state index contributed by atoms with van der Waals surface area (Å²) in [5, 5.41) is 3.48. The van der Waals surface area contributed by atoms with Gasteiger partial charge in [-0.3, -0.25) is 0 Å². The SMILES string of the molecule is c1cc(CNCCc2ccc(N3CCCCC3)nc2)c2c(c1)OCO2. The molecule has 2 aromatic rings. The minimum absolute atomic E-state index is 0.321. The van der Waals surface area contributed by atoms with E-state index in [1.54, 1.807) is 0 Å². The topological polar surface area (TPSA) is 46.6 Å². The van der Waals surface area contributed by atoms with Gasteiger partial charge in [-0.1, -0.05) is 18.2 Å². The van der Waals surface area contributed by atoms with Gasteiger partial charge < -0.3 is 19.7 Å². The lowest BCUT2D eigenvalue weighted by molar-refractivity contribution is 0.173. The van der Waals surface area contributed by atoms with Gasteiger partial charge in [0.05, 0.1) is 0 Å². The fraction of sp³-hybridized carbons (Fsp3) is 0.450. The summed E-state index contributed by atoms with van der Waals surface area (Å²) < 4.78 is 11.0. The van der Waals surface area contributed by atoms with Crippen molar-refractivity contribution >= 4 is 5.82 Å². The number of benzene rings is 1. The highest BCUT2D eigenvalue weighted by Crippen LogP contribution is 2.35. The molecule has 132 valence electrons. The van der Waals surface area contributed by atoms with E-state index in [1.165, 1.54) is 24.8 Å². The number of ether oxygens (including phenoxy) is 2. The predicted molar refractivity (Wildman–Crippen MR) is 98.3 cm³/mol. The summed E-state index contributed by atoms with van der Waals surface area (Å²) in [4.78, 5) is 7.04. The average Bonchev–Trinajstić information content (AvgIpc) is 3.16. The molecule has 5 nitrogen and oxygen atoms in total. The van der Waals surface area contributed by atoms with Crippen LogP contribution in [0.1, 0.15) is 30.4 Å². The van der Waals surface area contributed by atoms with Crippen LogP contribution in [0, 0.1) is 0 Å². The molecule has 1 saturated heterocycles. The normalized spacial score (nSPS) is 16.2. The number of hydrogen-bond acceptors (Lipinski definition) is 5. The molecule has 5 heteroatoms. The van der Waals surface area contributed by atoms with Crippen molar-refractivity contribution in [2.75, 3.05) is 31.3 Å². The number of pyridine rings is 1. The third-order valence-corrected chi connectivity index (χ3v) is 4.87. The summed E-state index contributed by atoms with van der Waals surface area (Å²) in [5.41, 5.74) is 2.42. The first kappa shape index (κ1) is 16.2. The fourth-order valence-corrected chi connectivity index (χ4v) is 3.46. The second-order valence-electron chi connectivity index (χ2n) is 6.65. The average molecular weight is 339 g/mol. The van der Waals surface area contributed by atoms with Crippen LogP contribution in [-0.2, 0) is 13.0 Å².